The van der Waals surface area contributed by atoms with Gasteiger partial charge in [-0.25, -0.2) is 9.98 Å². The zero-order valence-corrected chi connectivity index (χ0v) is 15.7. The molecule has 0 saturated heterocycles. The number of nitrogens with zero attached hydrogens (tertiary/aromatic N) is 2. The summed E-state index contributed by atoms with van der Waals surface area (Å²) in [6.45, 7) is 8.70. The molecule has 0 aliphatic carbocycles. The highest BCUT2D eigenvalue weighted by Crippen LogP contribution is 2.19. The predicted octanol–water partition coefficient (Wildman–Crippen LogP) is 3.27. The number of hydrogen-bond donors (Lipinski definition) is 3. The van der Waals surface area contributed by atoms with Crippen molar-refractivity contribution in [1.29, 1.82) is 0 Å². The number of thioether (sulfide) groups is 1. The fourth-order valence-electron chi connectivity index (χ4n) is 2.07. The van der Waals surface area contributed by atoms with Crippen molar-refractivity contribution in [2.75, 3.05) is 19.3 Å². The minimum atomic E-state index is 0.168. The number of benzene rings is 1. The van der Waals surface area contributed by atoms with E-state index in [0.717, 1.165) is 36.1 Å². The number of rotatable bonds is 7. The number of hydrogen-bond acceptors (Lipinski definition) is 3. The van der Waals surface area contributed by atoms with Crippen LogP contribution in [-0.4, -0.2) is 40.0 Å². The Morgan fingerprint density at radius 3 is 2.67 bits per heavy atom. The van der Waals surface area contributed by atoms with Crippen molar-refractivity contribution in [1.82, 2.24) is 20.6 Å². The van der Waals surface area contributed by atoms with Gasteiger partial charge in [0, 0.05) is 17.8 Å². The number of imidazole rings is 1. The molecule has 2 rings (SSSR count). The minimum Gasteiger partial charge on any atom is -0.357 e. The lowest BCUT2D eigenvalue weighted by atomic mass is 10.2. The summed E-state index contributed by atoms with van der Waals surface area (Å²) in [6.07, 6.45) is 3.98. The van der Waals surface area contributed by atoms with E-state index in [0.29, 0.717) is 6.54 Å². The van der Waals surface area contributed by atoms with E-state index in [9.17, 15) is 0 Å². The summed E-state index contributed by atoms with van der Waals surface area (Å²) in [6, 6.07) is 10.2. The van der Waals surface area contributed by atoms with Crippen LogP contribution in [0, 0.1) is 0 Å². The molecule has 24 heavy (non-hydrogen) atoms. The Bertz CT molecular complexity index is 648. The number of aliphatic imine (C=N–C) groups is 1. The van der Waals surface area contributed by atoms with Crippen LogP contribution >= 0.6 is 11.8 Å². The molecule has 0 radical (unpaired) electrons. The molecule has 1 aromatic carbocycles. The van der Waals surface area contributed by atoms with E-state index >= 15 is 0 Å². The lowest BCUT2D eigenvalue weighted by molar-refractivity contribution is 0.664. The molecule has 2 aromatic rings. The Balaban J connectivity index is 2.00. The van der Waals surface area contributed by atoms with E-state index in [4.69, 9.17) is 0 Å². The van der Waals surface area contributed by atoms with E-state index < -0.39 is 0 Å². The molecular weight excluding hydrogens is 318 g/mol. The Morgan fingerprint density at radius 1 is 1.25 bits per heavy atom. The standard InChI is InChI=1S/C18H27N5S/c1-5-19-17(22-13-18(2,3)24-4)21-12-16-20-11-15(23-16)14-9-7-6-8-10-14/h6-11H,5,12-13H2,1-4H3,(H,20,23)(H2,19,21,22). The second-order valence-electron chi connectivity index (χ2n) is 6.12. The Labute approximate surface area is 148 Å². The third-order valence-corrected chi connectivity index (χ3v) is 4.93. The molecule has 0 aliphatic heterocycles. The highest BCUT2D eigenvalue weighted by atomic mass is 32.2. The number of guanidine groups is 1. The zero-order valence-electron chi connectivity index (χ0n) is 14.9. The Hall–Kier alpha value is -1.95. The number of H-pyrrole nitrogens is 1. The van der Waals surface area contributed by atoms with Gasteiger partial charge in [-0.3, -0.25) is 0 Å². The molecule has 0 atom stereocenters. The van der Waals surface area contributed by atoms with Crippen molar-refractivity contribution >= 4 is 17.7 Å². The van der Waals surface area contributed by atoms with Gasteiger partial charge in [-0.05, 0) is 32.6 Å². The van der Waals surface area contributed by atoms with Crippen LogP contribution in [0.3, 0.4) is 0 Å². The van der Waals surface area contributed by atoms with Crippen LogP contribution in [-0.2, 0) is 6.54 Å². The highest BCUT2D eigenvalue weighted by molar-refractivity contribution is 7.99. The molecule has 0 unspecified atom stereocenters. The molecule has 0 amide bonds. The lowest BCUT2D eigenvalue weighted by Crippen LogP contribution is -2.43. The maximum absolute atomic E-state index is 4.62. The van der Waals surface area contributed by atoms with Crippen molar-refractivity contribution < 1.29 is 0 Å². The SMILES string of the molecule is CCNC(=NCc1ncc(-c2ccccc2)[nH]1)NCC(C)(C)SC. The zero-order chi connectivity index (χ0) is 17.4. The first-order chi connectivity index (χ1) is 11.5. The van der Waals surface area contributed by atoms with Gasteiger partial charge < -0.3 is 15.6 Å². The van der Waals surface area contributed by atoms with Gasteiger partial charge in [0.2, 0.25) is 0 Å². The van der Waals surface area contributed by atoms with Gasteiger partial charge in [0.1, 0.15) is 12.4 Å². The second-order valence-corrected chi connectivity index (χ2v) is 7.64. The van der Waals surface area contributed by atoms with Crippen LogP contribution in [0.15, 0.2) is 41.5 Å². The van der Waals surface area contributed by atoms with Crippen molar-refractivity contribution in [2.45, 2.75) is 32.1 Å². The van der Waals surface area contributed by atoms with E-state index in [1.165, 1.54) is 0 Å². The summed E-state index contributed by atoms with van der Waals surface area (Å²) in [5.41, 5.74) is 2.15. The first kappa shape index (κ1) is 18.4. The van der Waals surface area contributed by atoms with Crippen LogP contribution in [0.2, 0.25) is 0 Å². The van der Waals surface area contributed by atoms with Gasteiger partial charge in [-0.15, -0.1) is 0 Å². The number of aromatic amines is 1. The molecule has 130 valence electrons. The molecule has 0 aliphatic rings. The van der Waals surface area contributed by atoms with Gasteiger partial charge in [-0.2, -0.15) is 11.8 Å². The summed E-state index contributed by atoms with van der Waals surface area (Å²) < 4.78 is 0.168. The molecule has 0 saturated carbocycles. The normalized spacial score (nSPS) is 12.2. The van der Waals surface area contributed by atoms with Crippen LogP contribution in [0.5, 0.6) is 0 Å². The van der Waals surface area contributed by atoms with E-state index in [1.807, 2.05) is 36.2 Å². The van der Waals surface area contributed by atoms with Crippen LogP contribution < -0.4 is 10.6 Å². The van der Waals surface area contributed by atoms with Crippen molar-refractivity contribution in [3.8, 4) is 11.3 Å². The van der Waals surface area contributed by atoms with E-state index in [2.05, 4.69) is 64.8 Å². The van der Waals surface area contributed by atoms with E-state index in [1.54, 1.807) is 0 Å². The smallest absolute Gasteiger partial charge is 0.191 e. The second kappa shape index (κ2) is 8.78. The Kier molecular flexibility index (Phi) is 6.73. The number of aromatic nitrogens is 2. The van der Waals surface area contributed by atoms with Gasteiger partial charge in [-0.1, -0.05) is 30.3 Å². The van der Waals surface area contributed by atoms with Crippen LogP contribution in [0.25, 0.3) is 11.3 Å². The largest absolute Gasteiger partial charge is 0.357 e. The van der Waals surface area contributed by atoms with Crippen molar-refractivity contribution in [2.24, 2.45) is 4.99 Å². The molecule has 6 heteroatoms. The predicted molar refractivity (Wildman–Crippen MR) is 104 cm³/mol. The average Bonchev–Trinajstić information content (AvgIpc) is 3.07. The molecule has 5 nitrogen and oxygen atoms in total. The lowest BCUT2D eigenvalue weighted by Gasteiger charge is -2.23. The average molecular weight is 346 g/mol. The monoisotopic (exact) mass is 345 g/mol. The molecule has 0 spiro atoms. The molecule has 1 heterocycles. The summed E-state index contributed by atoms with van der Waals surface area (Å²) in [5, 5.41) is 6.67. The quantitative estimate of drug-likeness (QED) is 0.532. The van der Waals surface area contributed by atoms with Crippen molar-refractivity contribution in [3.63, 3.8) is 0 Å². The topological polar surface area (TPSA) is 65.1 Å². The third kappa shape index (κ3) is 5.60. The van der Waals surface area contributed by atoms with Gasteiger partial charge in [0.15, 0.2) is 5.96 Å². The maximum Gasteiger partial charge on any atom is 0.191 e. The highest BCUT2D eigenvalue weighted by Gasteiger charge is 2.16. The Morgan fingerprint density at radius 2 is 2.00 bits per heavy atom. The maximum atomic E-state index is 4.62. The van der Waals surface area contributed by atoms with Crippen LogP contribution in [0.1, 0.15) is 26.6 Å². The van der Waals surface area contributed by atoms with Gasteiger partial charge in [0.05, 0.1) is 11.9 Å². The minimum absolute atomic E-state index is 0.168. The molecule has 3 N–H and O–H groups in total. The number of nitrogens with one attached hydrogen (secondary N) is 3. The fraction of sp³-hybridized carbons (Fsp3) is 0.444. The molecular formula is C18H27N5S. The van der Waals surface area contributed by atoms with E-state index in [-0.39, 0.29) is 4.75 Å². The first-order valence-electron chi connectivity index (χ1n) is 8.20. The van der Waals surface area contributed by atoms with Crippen LogP contribution in [0.4, 0.5) is 0 Å². The van der Waals surface area contributed by atoms with Crippen molar-refractivity contribution in [3.05, 3.63) is 42.4 Å². The summed E-state index contributed by atoms with van der Waals surface area (Å²) in [4.78, 5) is 12.4. The summed E-state index contributed by atoms with van der Waals surface area (Å²) in [5.74, 6) is 1.67. The molecule has 0 bridgehead atoms. The molecule has 1 aromatic heterocycles. The fourth-order valence-corrected chi connectivity index (χ4v) is 2.29. The summed E-state index contributed by atoms with van der Waals surface area (Å²) >= 11 is 1.84. The molecule has 0 fully saturated rings. The van der Waals surface area contributed by atoms with Gasteiger partial charge in [0.25, 0.3) is 0 Å². The van der Waals surface area contributed by atoms with Gasteiger partial charge >= 0.3 is 0 Å². The third-order valence-electron chi connectivity index (χ3n) is 3.68. The first-order valence-corrected chi connectivity index (χ1v) is 9.43. The summed E-state index contributed by atoms with van der Waals surface area (Å²) in [7, 11) is 0.